The molecular formula is C26H26N6O3S. The Balaban J connectivity index is 1.38. The lowest BCUT2D eigenvalue weighted by molar-refractivity contribution is -0.125. The highest BCUT2D eigenvalue weighted by Crippen LogP contribution is 2.28. The zero-order valence-corrected chi connectivity index (χ0v) is 20.6. The normalized spacial score (nSPS) is 14.5. The lowest BCUT2D eigenvalue weighted by Crippen LogP contribution is -2.39. The molecule has 9 nitrogen and oxygen atoms in total. The molecule has 1 saturated heterocycles. The van der Waals surface area contributed by atoms with Gasteiger partial charge in [0, 0.05) is 37.8 Å². The lowest BCUT2D eigenvalue weighted by Gasteiger charge is -2.31. The second-order valence-corrected chi connectivity index (χ2v) is 10.4. The van der Waals surface area contributed by atoms with Crippen LogP contribution in [0.4, 0.5) is 11.5 Å². The second-order valence-electron chi connectivity index (χ2n) is 8.69. The van der Waals surface area contributed by atoms with Gasteiger partial charge in [0.2, 0.25) is 5.91 Å². The predicted octanol–water partition coefficient (Wildman–Crippen LogP) is 3.46. The first-order valence-corrected chi connectivity index (χ1v) is 13.2. The molecule has 1 amide bonds. The summed E-state index contributed by atoms with van der Waals surface area (Å²) in [7, 11) is -2.05. The number of sulfonamides is 1. The van der Waals surface area contributed by atoms with Crippen molar-refractivity contribution < 1.29 is 13.2 Å². The summed E-state index contributed by atoms with van der Waals surface area (Å²) in [5, 5.41) is 2.73. The van der Waals surface area contributed by atoms with Gasteiger partial charge in [-0.3, -0.25) is 19.5 Å². The number of hydrogen-bond acceptors (Lipinski definition) is 7. The van der Waals surface area contributed by atoms with Gasteiger partial charge in [-0.1, -0.05) is 24.3 Å². The van der Waals surface area contributed by atoms with Gasteiger partial charge in [-0.05, 0) is 48.7 Å². The average Bonchev–Trinajstić information content (AvgIpc) is 2.92. The zero-order chi connectivity index (χ0) is 25.1. The Morgan fingerprint density at radius 3 is 2.47 bits per heavy atom. The SMILES string of the molecule is CNC(=O)C1CCN(c2cnc3ccc(-c4cncc(NS(=O)(=O)c5ccccc5)c4)cc3n2)CC1. The number of carbonyl (C=O) groups excluding carboxylic acids is 1. The van der Waals surface area contributed by atoms with E-state index in [-0.39, 0.29) is 16.7 Å². The maximum absolute atomic E-state index is 12.7. The van der Waals surface area contributed by atoms with Crippen molar-refractivity contribution in [2.45, 2.75) is 17.7 Å². The van der Waals surface area contributed by atoms with E-state index in [1.165, 1.54) is 6.20 Å². The molecule has 5 rings (SSSR count). The van der Waals surface area contributed by atoms with Crippen LogP contribution in [-0.4, -0.2) is 49.4 Å². The Bertz CT molecular complexity index is 1500. The molecule has 3 heterocycles. The number of nitrogens with zero attached hydrogens (tertiary/aromatic N) is 4. The third-order valence-corrected chi connectivity index (χ3v) is 7.74. The first kappa shape index (κ1) is 23.7. The van der Waals surface area contributed by atoms with Crippen LogP contribution in [0.15, 0.2) is 78.1 Å². The monoisotopic (exact) mass is 502 g/mol. The highest BCUT2D eigenvalue weighted by Gasteiger charge is 2.25. The van der Waals surface area contributed by atoms with Crippen LogP contribution < -0.4 is 14.9 Å². The zero-order valence-electron chi connectivity index (χ0n) is 19.8. The van der Waals surface area contributed by atoms with Gasteiger partial charge in [0.25, 0.3) is 10.0 Å². The summed E-state index contributed by atoms with van der Waals surface area (Å²) >= 11 is 0. The number of anilines is 2. The van der Waals surface area contributed by atoms with Crippen LogP contribution >= 0.6 is 0 Å². The number of benzene rings is 2. The fourth-order valence-corrected chi connectivity index (χ4v) is 5.43. The molecule has 4 aromatic rings. The smallest absolute Gasteiger partial charge is 0.261 e. The minimum atomic E-state index is -3.72. The fourth-order valence-electron chi connectivity index (χ4n) is 4.38. The Kier molecular flexibility index (Phi) is 6.51. The summed E-state index contributed by atoms with van der Waals surface area (Å²) in [6, 6.07) is 15.7. The first-order chi connectivity index (χ1) is 17.4. The quantitative estimate of drug-likeness (QED) is 0.415. The van der Waals surface area contributed by atoms with Gasteiger partial charge in [0.1, 0.15) is 5.82 Å². The second kappa shape index (κ2) is 9.90. The molecule has 0 atom stereocenters. The fraction of sp³-hybridized carbons (Fsp3) is 0.231. The number of piperidine rings is 1. The van der Waals surface area contributed by atoms with Crippen molar-refractivity contribution in [3.05, 3.63) is 73.2 Å². The number of hydrogen-bond donors (Lipinski definition) is 2. The van der Waals surface area contributed by atoms with E-state index in [4.69, 9.17) is 4.98 Å². The number of aromatic nitrogens is 3. The summed E-state index contributed by atoms with van der Waals surface area (Å²) in [6.45, 7) is 1.48. The summed E-state index contributed by atoms with van der Waals surface area (Å²) in [6.07, 6.45) is 6.48. The third kappa shape index (κ3) is 4.99. The van der Waals surface area contributed by atoms with Gasteiger partial charge in [-0.25, -0.2) is 13.4 Å². The third-order valence-electron chi connectivity index (χ3n) is 6.34. The predicted molar refractivity (Wildman–Crippen MR) is 139 cm³/mol. The Hall–Kier alpha value is -4.05. The lowest BCUT2D eigenvalue weighted by atomic mass is 9.96. The van der Waals surface area contributed by atoms with Crippen LogP contribution in [0.25, 0.3) is 22.2 Å². The minimum absolute atomic E-state index is 0.0327. The summed E-state index contributed by atoms with van der Waals surface area (Å²) in [5.41, 5.74) is 3.46. The number of pyridine rings is 1. The van der Waals surface area contributed by atoms with E-state index >= 15 is 0 Å². The molecule has 2 aromatic carbocycles. The van der Waals surface area contributed by atoms with Crippen molar-refractivity contribution in [1.29, 1.82) is 0 Å². The molecule has 36 heavy (non-hydrogen) atoms. The van der Waals surface area contributed by atoms with Crippen LogP contribution in [0.5, 0.6) is 0 Å². The number of nitrogens with one attached hydrogen (secondary N) is 2. The molecule has 1 fully saturated rings. The number of rotatable bonds is 6. The molecule has 10 heteroatoms. The maximum atomic E-state index is 12.7. The molecule has 2 N–H and O–H groups in total. The van der Waals surface area contributed by atoms with E-state index in [0.717, 1.165) is 53.9 Å². The van der Waals surface area contributed by atoms with Crippen LogP contribution in [0.2, 0.25) is 0 Å². The van der Waals surface area contributed by atoms with Gasteiger partial charge in [-0.15, -0.1) is 0 Å². The van der Waals surface area contributed by atoms with E-state index in [9.17, 15) is 13.2 Å². The molecule has 2 aromatic heterocycles. The Labute approximate surface area is 209 Å². The van der Waals surface area contributed by atoms with Gasteiger partial charge in [-0.2, -0.15) is 0 Å². The molecule has 0 aliphatic carbocycles. The van der Waals surface area contributed by atoms with E-state index in [0.29, 0.717) is 5.69 Å². The van der Waals surface area contributed by atoms with Crippen LogP contribution in [0.1, 0.15) is 12.8 Å². The van der Waals surface area contributed by atoms with E-state index in [1.54, 1.807) is 55.8 Å². The van der Waals surface area contributed by atoms with Crippen molar-refractivity contribution in [1.82, 2.24) is 20.3 Å². The van der Waals surface area contributed by atoms with Crippen molar-refractivity contribution in [2.24, 2.45) is 5.92 Å². The minimum Gasteiger partial charge on any atom is -0.359 e. The summed E-state index contributed by atoms with van der Waals surface area (Å²) in [4.78, 5) is 27.9. The highest BCUT2D eigenvalue weighted by molar-refractivity contribution is 7.92. The number of fused-ring (bicyclic) bond motifs is 1. The van der Waals surface area contributed by atoms with Crippen molar-refractivity contribution in [3.8, 4) is 11.1 Å². The molecule has 1 aliphatic heterocycles. The van der Waals surface area contributed by atoms with Gasteiger partial charge >= 0.3 is 0 Å². The summed E-state index contributed by atoms with van der Waals surface area (Å²) < 4.78 is 28.0. The number of amides is 1. The Morgan fingerprint density at radius 1 is 0.944 bits per heavy atom. The standard InChI is InChI=1S/C26H26N6O3S/c1-27-26(33)18-9-11-32(12-10-18)25-17-29-23-8-7-19(14-24(23)30-25)20-13-21(16-28-15-20)31-36(34,35)22-5-3-2-4-6-22/h2-8,13-18,31H,9-12H2,1H3,(H,27,33). The topological polar surface area (TPSA) is 117 Å². The molecule has 0 saturated carbocycles. The largest absolute Gasteiger partial charge is 0.359 e. The average molecular weight is 503 g/mol. The molecule has 0 bridgehead atoms. The van der Waals surface area contributed by atoms with E-state index in [1.807, 2.05) is 18.2 Å². The van der Waals surface area contributed by atoms with Crippen LogP contribution in [0.3, 0.4) is 0 Å². The van der Waals surface area contributed by atoms with Crippen molar-refractivity contribution >= 4 is 38.5 Å². The molecule has 0 radical (unpaired) electrons. The molecule has 184 valence electrons. The van der Waals surface area contributed by atoms with Gasteiger partial charge in [0.05, 0.1) is 34.0 Å². The molecule has 0 unspecified atom stereocenters. The van der Waals surface area contributed by atoms with Gasteiger partial charge in [0.15, 0.2) is 0 Å². The van der Waals surface area contributed by atoms with Gasteiger partial charge < -0.3 is 10.2 Å². The Morgan fingerprint density at radius 2 is 1.72 bits per heavy atom. The van der Waals surface area contributed by atoms with E-state index in [2.05, 4.69) is 24.9 Å². The van der Waals surface area contributed by atoms with Crippen molar-refractivity contribution in [2.75, 3.05) is 29.8 Å². The molecular weight excluding hydrogens is 476 g/mol. The maximum Gasteiger partial charge on any atom is 0.261 e. The molecule has 0 spiro atoms. The van der Waals surface area contributed by atoms with Crippen LogP contribution in [0, 0.1) is 5.92 Å². The molecule has 1 aliphatic rings. The highest BCUT2D eigenvalue weighted by atomic mass is 32.2. The van der Waals surface area contributed by atoms with Crippen molar-refractivity contribution in [3.63, 3.8) is 0 Å². The first-order valence-electron chi connectivity index (χ1n) is 11.7. The number of carbonyl (C=O) groups is 1. The van der Waals surface area contributed by atoms with Crippen LogP contribution in [-0.2, 0) is 14.8 Å². The summed E-state index contributed by atoms with van der Waals surface area (Å²) in [5.74, 6) is 0.897. The van der Waals surface area contributed by atoms with E-state index < -0.39 is 10.0 Å².